The average Bonchev–Trinajstić information content (AvgIpc) is 2.95. The first-order chi connectivity index (χ1) is 11.8. The van der Waals surface area contributed by atoms with E-state index in [9.17, 15) is 13.2 Å². The second kappa shape index (κ2) is 6.38. The summed E-state index contributed by atoms with van der Waals surface area (Å²) in [4.78, 5) is 4.34. The Hall–Kier alpha value is -2.57. The van der Waals surface area contributed by atoms with Gasteiger partial charge in [-0.3, -0.25) is 0 Å². The molecule has 3 rings (SSSR count). The Morgan fingerprint density at radius 1 is 1.20 bits per heavy atom. The standard InChI is InChI=1S/C18H19F3N4/c1-4-11(2)22-14-10-12(3)23-17-15(13-8-6-5-7-9-13)16(18(19,20)21)24-25(14)17/h5-11,22H,4H2,1-3H3/t11-/m0/s1. The van der Waals surface area contributed by atoms with Crippen LogP contribution in [0.2, 0.25) is 0 Å². The van der Waals surface area contributed by atoms with Crippen LogP contribution in [0.15, 0.2) is 36.4 Å². The number of anilines is 1. The SMILES string of the molecule is CC[C@H](C)Nc1cc(C)nc2c(-c3ccccc3)c(C(F)(F)F)nn12. The van der Waals surface area contributed by atoms with E-state index in [1.165, 1.54) is 4.52 Å². The molecule has 0 amide bonds. The molecule has 0 bridgehead atoms. The number of nitrogens with zero attached hydrogens (tertiary/aromatic N) is 3. The number of hydrogen-bond donors (Lipinski definition) is 1. The second-order valence-corrected chi connectivity index (χ2v) is 6.06. The van der Waals surface area contributed by atoms with E-state index in [2.05, 4.69) is 15.4 Å². The number of benzene rings is 1. The summed E-state index contributed by atoms with van der Waals surface area (Å²) in [5.74, 6) is 0.504. The fourth-order valence-corrected chi connectivity index (χ4v) is 2.67. The van der Waals surface area contributed by atoms with Crippen LogP contribution >= 0.6 is 0 Å². The molecule has 0 radical (unpaired) electrons. The summed E-state index contributed by atoms with van der Waals surface area (Å²) in [6.07, 6.45) is -3.73. The number of aryl methyl sites for hydroxylation is 1. The monoisotopic (exact) mass is 348 g/mol. The van der Waals surface area contributed by atoms with Crippen molar-refractivity contribution in [1.82, 2.24) is 14.6 Å². The van der Waals surface area contributed by atoms with E-state index in [0.29, 0.717) is 17.1 Å². The minimum atomic E-state index is -4.57. The van der Waals surface area contributed by atoms with Crippen molar-refractivity contribution in [1.29, 1.82) is 0 Å². The number of fused-ring (bicyclic) bond motifs is 1. The molecule has 7 heteroatoms. The Bertz CT molecular complexity index is 885. The van der Waals surface area contributed by atoms with Gasteiger partial charge in [-0.1, -0.05) is 37.3 Å². The topological polar surface area (TPSA) is 42.2 Å². The first-order valence-corrected chi connectivity index (χ1v) is 8.10. The third kappa shape index (κ3) is 3.31. The minimum absolute atomic E-state index is 0.00371. The van der Waals surface area contributed by atoms with E-state index in [4.69, 9.17) is 0 Å². The van der Waals surface area contributed by atoms with Crippen LogP contribution in [0, 0.1) is 6.92 Å². The third-order valence-corrected chi connectivity index (χ3v) is 4.05. The molecule has 1 atom stereocenters. The number of rotatable bonds is 4. The summed E-state index contributed by atoms with van der Waals surface area (Å²) < 4.78 is 42.1. The molecule has 25 heavy (non-hydrogen) atoms. The number of nitrogens with one attached hydrogen (secondary N) is 1. The first-order valence-electron chi connectivity index (χ1n) is 8.10. The Morgan fingerprint density at radius 3 is 2.48 bits per heavy atom. The van der Waals surface area contributed by atoms with Crippen LogP contribution in [0.25, 0.3) is 16.8 Å². The molecule has 0 spiro atoms. The molecule has 1 aromatic carbocycles. The minimum Gasteiger partial charge on any atom is -0.367 e. The molecule has 2 aromatic heterocycles. The van der Waals surface area contributed by atoms with Crippen LogP contribution in [0.4, 0.5) is 19.0 Å². The highest BCUT2D eigenvalue weighted by Crippen LogP contribution is 2.39. The van der Waals surface area contributed by atoms with Crippen molar-refractivity contribution in [3.63, 3.8) is 0 Å². The number of halogens is 3. The molecule has 4 nitrogen and oxygen atoms in total. The van der Waals surface area contributed by atoms with Crippen molar-refractivity contribution < 1.29 is 13.2 Å². The smallest absolute Gasteiger partial charge is 0.367 e. The highest BCUT2D eigenvalue weighted by atomic mass is 19.4. The van der Waals surface area contributed by atoms with Gasteiger partial charge in [0.05, 0.1) is 5.56 Å². The lowest BCUT2D eigenvalue weighted by Crippen LogP contribution is -2.17. The fourth-order valence-electron chi connectivity index (χ4n) is 2.67. The lowest BCUT2D eigenvalue weighted by Gasteiger charge is -2.14. The van der Waals surface area contributed by atoms with Crippen molar-refractivity contribution in [3.05, 3.63) is 47.8 Å². The van der Waals surface area contributed by atoms with Crippen LogP contribution in [-0.2, 0) is 6.18 Å². The summed E-state index contributed by atoms with van der Waals surface area (Å²) in [6.45, 7) is 5.73. The molecule has 0 fully saturated rings. The van der Waals surface area contributed by atoms with Crippen molar-refractivity contribution in [2.24, 2.45) is 0 Å². The van der Waals surface area contributed by atoms with E-state index < -0.39 is 11.9 Å². The quantitative estimate of drug-likeness (QED) is 0.727. The van der Waals surface area contributed by atoms with Crippen LogP contribution in [-0.4, -0.2) is 20.6 Å². The van der Waals surface area contributed by atoms with Crippen LogP contribution in [0.5, 0.6) is 0 Å². The van der Waals surface area contributed by atoms with Gasteiger partial charge in [0.1, 0.15) is 5.82 Å². The van der Waals surface area contributed by atoms with E-state index in [1.54, 1.807) is 43.3 Å². The van der Waals surface area contributed by atoms with Gasteiger partial charge in [-0.25, -0.2) is 4.98 Å². The molecule has 0 unspecified atom stereocenters. The highest BCUT2D eigenvalue weighted by Gasteiger charge is 2.39. The number of alkyl halides is 3. The van der Waals surface area contributed by atoms with Gasteiger partial charge in [-0.2, -0.15) is 22.8 Å². The maximum absolute atomic E-state index is 13.6. The Balaban J connectivity index is 2.33. The summed E-state index contributed by atoms with van der Waals surface area (Å²) in [6, 6.07) is 10.2. The van der Waals surface area contributed by atoms with Gasteiger partial charge < -0.3 is 5.32 Å². The maximum atomic E-state index is 13.6. The molecule has 3 aromatic rings. The van der Waals surface area contributed by atoms with E-state index in [1.807, 2.05) is 13.8 Å². The number of hydrogen-bond acceptors (Lipinski definition) is 3. The van der Waals surface area contributed by atoms with Crippen molar-refractivity contribution in [2.75, 3.05) is 5.32 Å². The van der Waals surface area contributed by atoms with Crippen molar-refractivity contribution in [3.8, 4) is 11.1 Å². The van der Waals surface area contributed by atoms with Gasteiger partial charge in [0.15, 0.2) is 11.3 Å². The zero-order valence-corrected chi connectivity index (χ0v) is 14.2. The van der Waals surface area contributed by atoms with Gasteiger partial charge in [-0.15, -0.1) is 0 Å². The molecule has 0 aliphatic carbocycles. The fraction of sp³-hybridized carbons (Fsp3) is 0.333. The lowest BCUT2D eigenvalue weighted by atomic mass is 10.1. The van der Waals surface area contributed by atoms with Gasteiger partial charge in [0.2, 0.25) is 0 Å². The Morgan fingerprint density at radius 2 is 1.88 bits per heavy atom. The molecule has 0 aliphatic heterocycles. The van der Waals surface area contributed by atoms with E-state index >= 15 is 0 Å². The maximum Gasteiger partial charge on any atom is 0.435 e. The molecular weight excluding hydrogens is 329 g/mol. The Labute approximate surface area is 143 Å². The van der Waals surface area contributed by atoms with Crippen molar-refractivity contribution >= 4 is 11.5 Å². The predicted molar refractivity (Wildman–Crippen MR) is 91.5 cm³/mol. The van der Waals surface area contributed by atoms with E-state index in [0.717, 1.165) is 6.42 Å². The number of aromatic nitrogens is 3. The van der Waals surface area contributed by atoms with E-state index in [-0.39, 0.29) is 17.3 Å². The molecule has 1 N–H and O–H groups in total. The molecule has 132 valence electrons. The summed E-state index contributed by atoms with van der Waals surface area (Å²) in [5, 5.41) is 7.07. The van der Waals surface area contributed by atoms with Crippen LogP contribution in [0.1, 0.15) is 31.7 Å². The third-order valence-electron chi connectivity index (χ3n) is 4.05. The largest absolute Gasteiger partial charge is 0.435 e. The molecule has 0 saturated carbocycles. The highest BCUT2D eigenvalue weighted by molar-refractivity contribution is 5.81. The van der Waals surface area contributed by atoms with Crippen molar-refractivity contribution in [2.45, 2.75) is 39.4 Å². The summed E-state index contributed by atoms with van der Waals surface area (Å²) in [5.41, 5.74) is 0.346. The summed E-state index contributed by atoms with van der Waals surface area (Å²) >= 11 is 0. The predicted octanol–water partition coefficient (Wildman–Crippen LogP) is 4.93. The zero-order chi connectivity index (χ0) is 18.2. The molecule has 0 aliphatic rings. The van der Waals surface area contributed by atoms with Gasteiger partial charge in [0, 0.05) is 17.8 Å². The van der Waals surface area contributed by atoms with Gasteiger partial charge >= 0.3 is 6.18 Å². The van der Waals surface area contributed by atoms with Crippen LogP contribution < -0.4 is 5.32 Å². The molecule has 0 saturated heterocycles. The lowest BCUT2D eigenvalue weighted by molar-refractivity contribution is -0.140. The zero-order valence-electron chi connectivity index (χ0n) is 14.2. The normalized spacial score (nSPS) is 13.2. The van der Waals surface area contributed by atoms with Gasteiger partial charge in [0.25, 0.3) is 0 Å². The molecular formula is C18H19F3N4. The molecule has 2 heterocycles. The first kappa shape index (κ1) is 17.3. The van der Waals surface area contributed by atoms with Crippen LogP contribution in [0.3, 0.4) is 0 Å². The van der Waals surface area contributed by atoms with Gasteiger partial charge in [-0.05, 0) is 25.8 Å². The Kier molecular flexibility index (Phi) is 4.41. The average molecular weight is 348 g/mol. The second-order valence-electron chi connectivity index (χ2n) is 6.06. The summed E-state index contributed by atoms with van der Waals surface area (Å²) in [7, 11) is 0.